The monoisotopic (exact) mass is 408 g/mol. The third-order valence-corrected chi connectivity index (χ3v) is 6.45. The van der Waals surface area contributed by atoms with Gasteiger partial charge in [-0.1, -0.05) is 20.8 Å². The van der Waals surface area contributed by atoms with E-state index in [0.29, 0.717) is 17.4 Å². The van der Waals surface area contributed by atoms with E-state index < -0.39 is 0 Å². The quantitative estimate of drug-likeness (QED) is 0.713. The van der Waals surface area contributed by atoms with Crippen molar-refractivity contribution in [2.45, 2.75) is 64.7 Å². The van der Waals surface area contributed by atoms with Crippen molar-refractivity contribution in [3.63, 3.8) is 0 Å². The Morgan fingerprint density at radius 3 is 2.60 bits per heavy atom. The predicted molar refractivity (Wildman–Crippen MR) is 117 cm³/mol. The number of aromatic nitrogens is 5. The predicted octanol–water partition coefficient (Wildman–Crippen LogP) is 3.77. The van der Waals surface area contributed by atoms with Crippen molar-refractivity contribution in [1.29, 1.82) is 0 Å². The number of rotatable bonds is 4. The van der Waals surface area contributed by atoms with Crippen LogP contribution in [0.2, 0.25) is 0 Å². The molecule has 30 heavy (non-hydrogen) atoms. The summed E-state index contributed by atoms with van der Waals surface area (Å²) >= 11 is 0. The van der Waals surface area contributed by atoms with Crippen molar-refractivity contribution < 1.29 is 4.79 Å². The number of nitrogens with one attached hydrogen (secondary N) is 1. The maximum Gasteiger partial charge on any atom is 0.254 e. The van der Waals surface area contributed by atoms with Gasteiger partial charge in [0.1, 0.15) is 0 Å². The molecule has 4 rings (SSSR count). The van der Waals surface area contributed by atoms with Gasteiger partial charge in [-0.15, -0.1) is 0 Å². The van der Waals surface area contributed by atoms with Gasteiger partial charge in [-0.05, 0) is 44.6 Å². The number of aryl methyl sites for hydroxylation is 1. The minimum atomic E-state index is -0.0233. The Hall–Kier alpha value is -2.70. The average Bonchev–Trinajstić information content (AvgIpc) is 3.30. The summed E-state index contributed by atoms with van der Waals surface area (Å²) in [6, 6.07) is 4.22. The Labute approximate surface area is 177 Å². The molecule has 1 N–H and O–H groups in total. The van der Waals surface area contributed by atoms with Crippen LogP contribution in [0.5, 0.6) is 0 Å². The van der Waals surface area contributed by atoms with Gasteiger partial charge in [-0.25, -0.2) is 9.50 Å². The molecule has 0 aliphatic heterocycles. The zero-order chi connectivity index (χ0) is 21.5. The van der Waals surface area contributed by atoms with Gasteiger partial charge in [-0.2, -0.15) is 10.2 Å². The third-order valence-electron chi connectivity index (χ3n) is 6.45. The lowest BCUT2D eigenvalue weighted by Crippen LogP contribution is -2.31. The smallest absolute Gasteiger partial charge is 0.254 e. The van der Waals surface area contributed by atoms with Crippen LogP contribution in [0.1, 0.15) is 79.8 Å². The first kappa shape index (κ1) is 20.6. The van der Waals surface area contributed by atoms with Gasteiger partial charge < -0.3 is 5.32 Å². The lowest BCUT2D eigenvalue weighted by Gasteiger charge is -2.29. The van der Waals surface area contributed by atoms with Crippen molar-refractivity contribution in [3.8, 4) is 0 Å². The number of amides is 1. The van der Waals surface area contributed by atoms with Gasteiger partial charge in [0, 0.05) is 48.6 Å². The minimum absolute atomic E-state index is 0.00741. The highest BCUT2D eigenvalue weighted by molar-refractivity contribution is 5.95. The number of carbonyl (C=O) groups excluding carboxylic acids is 1. The molecule has 0 aromatic carbocycles. The molecule has 1 aliphatic carbocycles. The van der Waals surface area contributed by atoms with E-state index in [0.717, 1.165) is 49.3 Å². The van der Waals surface area contributed by atoms with E-state index in [-0.39, 0.29) is 11.3 Å². The van der Waals surface area contributed by atoms with Crippen LogP contribution < -0.4 is 5.32 Å². The molecule has 160 valence electrons. The average molecular weight is 409 g/mol. The molecule has 1 saturated carbocycles. The second kappa shape index (κ2) is 7.85. The topological polar surface area (TPSA) is 77.1 Å². The lowest BCUT2D eigenvalue weighted by atomic mass is 9.80. The van der Waals surface area contributed by atoms with Gasteiger partial charge in [0.2, 0.25) is 0 Å². The summed E-state index contributed by atoms with van der Waals surface area (Å²) < 4.78 is 3.77. The summed E-state index contributed by atoms with van der Waals surface area (Å²) in [6.07, 6.45) is 7.97. The van der Waals surface area contributed by atoms with E-state index in [1.54, 1.807) is 10.9 Å². The summed E-state index contributed by atoms with van der Waals surface area (Å²) in [6.45, 7) is 9.19. The highest BCUT2D eigenvalue weighted by atomic mass is 16.1. The van der Waals surface area contributed by atoms with Crippen LogP contribution in [-0.4, -0.2) is 36.8 Å². The molecule has 7 nitrogen and oxygen atoms in total. The van der Waals surface area contributed by atoms with Gasteiger partial charge >= 0.3 is 0 Å². The van der Waals surface area contributed by atoms with Crippen LogP contribution >= 0.6 is 0 Å². The highest BCUT2D eigenvalue weighted by Gasteiger charge is 2.26. The van der Waals surface area contributed by atoms with Gasteiger partial charge in [0.05, 0.1) is 17.5 Å². The molecule has 3 aromatic rings. The Balaban J connectivity index is 1.38. The first-order valence-electron chi connectivity index (χ1n) is 10.9. The molecule has 0 unspecified atom stereocenters. The second-order valence-corrected chi connectivity index (χ2v) is 9.61. The van der Waals surface area contributed by atoms with E-state index in [4.69, 9.17) is 5.10 Å². The first-order valence-corrected chi connectivity index (χ1v) is 10.9. The largest absolute Gasteiger partial charge is 0.352 e. The molecule has 3 heterocycles. The van der Waals surface area contributed by atoms with Crippen LogP contribution in [-0.2, 0) is 12.5 Å². The molecular weight excluding hydrogens is 376 g/mol. The fourth-order valence-corrected chi connectivity index (χ4v) is 4.31. The zero-order valence-corrected chi connectivity index (χ0v) is 18.6. The van der Waals surface area contributed by atoms with Crippen LogP contribution in [0.25, 0.3) is 5.65 Å². The van der Waals surface area contributed by atoms with E-state index in [9.17, 15) is 4.79 Å². The van der Waals surface area contributed by atoms with Gasteiger partial charge in [0.25, 0.3) is 5.91 Å². The number of fused-ring (bicyclic) bond motifs is 1. The first-order chi connectivity index (χ1) is 14.2. The molecule has 0 atom stereocenters. The van der Waals surface area contributed by atoms with E-state index in [1.807, 2.05) is 24.7 Å². The Morgan fingerprint density at radius 2 is 1.97 bits per heavy atom. The van der Waals surface area contributed by atoms with Gasteiger partial charge in [-0.3, -0.25) is 9.48 Å². The fourth-order valence-electron chi connectivity index (χ4n) is 4.31. The van der Waals surface area contributed by atoms with Crippen molar-refractivity contribution in [2.24, 2.45) is 13.0 Å². The van der Waals surface area contributed by atoms with Crippen LogP contribution in [0.3, 0.4) is 0 Å². The highest BCUT2D eigenvalue weighted by Crippen LogP contribution is 2.36. The summed E-state index contributed by atoms with van der Waals surface area (Å²) in [5.74, 6) is 0.975. The molecule has 1 aliphatic rings. The Kier molecular flexibility index (Phi) is 5.38. The molecular formula is C23H32N6O. The van der Waals surface area contributed by atoms with Crippen molar-refractivity contribution in [3.05, 3.63) is 47.2 Å². The summed E-state index contributed by atoms with van der Waals surface area (Å²) in [5, 5.41) is 12.1. The molecule has 7 heteroatoms. The second-order valence-electron chi connectivity index (χ2n) is 9.61. The molecule has 1 fully saturated rings. The molecule has 0 spiro atoms. The summed E-state index contributed by atoms with van der Waals surface area (Å²) in [5.41, 5.74) is 4.82. The number of hydrogen-bond donors (Lipinski definition) is 1. The Bertz CT molecular complexity index is 1050. The third kappa shape index (κ3) is 3.98. The number of carbonyl (C=O) groups is 1. The normalized spacial score (nSPS) is 19.9. The Morgan fingerprint density at radius 1 is 1.23 bits per heavy atom. The maximum absolute atomic E-state index is 12.5. The van der Waals surface area contributed by atoms with Crippen LogP contribution in [0, 0.1) is 12.8 Å². The SMILES string of the molecule is Cc1c(C(=O)NCC2CCC(c3ccnc4cc(C(C)(C)C)nn34)CC2)cnn1C. The molecule has 0 saturated heterocycles. The molecule has 3 aromatic heterocycles. The van der Waals surface area contributed by atoms with Crippen molar-refractivity contribution in [2.75, 3.05) is 6.54 Å². The van der Waals surface area contributed by atoms with E-state index >= 15 is 0 Å². The maximum atomic E-state index is 12.5. The number of nitrogens with zero attached hydrogens (tertiary/aromatic N) is 5. The van der Waals surface area contributed by atoms with Crippen LogP contribution in [0.4, 0.5) is 0 Å². The number of hydrogen-bond acceptors (Lipinski definition) is 4. The molecule has 1 amide bonds. The summed E-state index contributed by atoms with van der Waals surface area (Å²) in [4.78, 5) is 17.0. The van der Waals surface area contributed by atoms with Gasteiger partial charge in [0.15, 0.2) is 5.65 Å². The molecule has 0 radical (unpaired) electrons. The summed E-state index contributed by atoms with van der Waals surface area (Å²) in [7, 11) is 1.85. The van der Waals surface area contributed by atoms with Crippen molar-refractivity contribution >= 4 is 11.6 Å². The zero-order valence-electron chi connectivity index (χ0n) is 18.6. The van der Waals surface area contributed by atoms with Crippen molar-refractivity contribution in [1.82, 2.24) is 29.7 Å². The minimum Gasteiger partial charge on any atom is -0.352 e. The van der Waals surface area contributed by atoms with Crippen LogP contribution in [0.15, 0.2) is 24.5 Å². The van der Waals surface area contributed by atoms with E-state index in [1.165, 1.54) is 5.69 Å². The van der Waals surface area contributed by atoms with E-state index in [2.05, 4.69) is 48.3 Å². The molecule has 0 bridgehead atoms. The lowest BCUT2D eigenvalue weighted by molar-refractivity contribution is 0.0942. The fraction of sp³-hybridized carbons (Fsp3) is 0.565. The standard InChI is InChI=1S/C23H32N6O/c1-15-18(14-26-28(15)5)22(30)25-13-16-6-8-17(9-7-16)19-10-11-24-21-12-20(23(2,3)4)27-29(19)21/h10-12,14,16-17H,6-9,13H2,1-5H3,(H,25,30).